The minimum atomic E-state index is -0.924. The fourth-order valence-electron chi connectivity index (χ4n) is 3.01. The van der Waals surface area contributed by atoms with Crippen molar-refractivity contribution in [3.05, 3.63) is 24.3 Å². The van der Waals surface area contributed by atoms with Gasteiger partial charge in [0.1, 0.15) is 11.3 Å². The third-order valence-electron chi connectivity index (χ3n) is 4.34. The van der Waals surface area contributed by atoms with Gasteiger partial charge in [0.25, 0.3) is 0 Å². The van der Waals surface area contributed by atoms with Gasteiger partial charge in [0.05, 0.1) is 7.11 Å². The van der Waals surface area contributed by atoms with E-state index in [4.69, 9.17) is 4.74 Å². The molecule has 0 aromatic heterocycles. The normalized spacial score (nSPS) is 19.1. The van der Waals surface area contributed by atoms with Gasteiger partial charge in [0.15, 0.2) is 0 Å². The maximum atomic E-state index is 11.8. The summed E-state index contributed by atoms with van der Waals surface area (Å²) in [5, 5.41) is 12.9. The predicted octanol–water partition coefficient (Wildman–Crippen LogP) is 3.53. The lowest BCUT2D eigenvalue weighted by Crippen LogP contribution is -2.50. The van der Waals surface area contributed by atoms with E-state index in [1.165, 1.54) is 6.42 Å². The molecule has 20 heavy (non-hydrogen) atoms. The van der Waals surface area contributed by atoms with Crippen molar-refractivity contribution in [2.45, 2.75) is 44.6 Å². The third kappa shape index (κ3) is 3.06. The van der Waals surface area contributed by atoms with Gasteiger partial charge in [-0.1, -0.05) is 25.3 Å². The van der Waals surface area contributed by atoms with Gasteiger partial charge < -0.3 is 15.2 Å². The second-order valence-electron chi connectivity index (χ2n) is 5.70. The van der Waals surface area contributed by atoms with E-state index in [9.17, 15) is 9.90 Å². The van der Waals surface area contributed by atoms with Gasteiger partial charge in [0.2, 0.25) is 0 Å². The van der Waals surface area contributed by atoms with E-state index in [0.29, 0.717) is 0 Å². The van der Waals surface area contributed by atoms with Crippen LogP contribution in [0.15, 0.2) is 24.3 Å². The van der Waals surface area contributed by atoms with Crippen LogP contribution in [0.1, 0.15) is 39.0 Å². The topological polar surface area (TPSA) is 58.6 Å². The lowest BCUT2D eigenvalue weighted by molar-refractivity contribution is -0.144. The van der Waals surface area contributed by atoms with Crippen molar-refractivity contribution in [2.75, 3.05) is 12.4 Å². The number of rotatable bonds is 5. The first-order chi connectivity index (χ1) is 9.56. The van der Waals surface area contributed by atoms with Gasteiger partial charge in [-0.05, 0) is 37.8 Å². The molecule has 4 nitrogen and oxygen atoms in total. The zero-order valence-electron chi connectivity index (χ0n) is 12.2. The highest BCUT2D eigenvalue weighted by atomic mass is 16.5. The molecule has 1 aromatic carbocycles. The van der Waals surface area contributed by atoms with Crippen LogP contribution in [0.3, 0.4) is 0 Å². The molecule has 0 radical (unpaired) electrons. The van der Waals surface area contributed by atoms with Crippen LogP contribution in [0.4, 0.5) is 5.69 Å². The molecule has 4 heteroatoms. The van der Waals surface area contributed by atoms with Crippen LogP contribution >= 0.6 is 0 Å². The van der Waals surface area contributed by atoms with Crippen molar-refractivity contribution in [3.63, 3.8) is 0 Å². The number of carboxylic acids is 1. The summed E-state index contributed by atoms with van der Waals surface area (Å²) in [5.41, 5.74) is -0.132. The Labute approximate surface area is 120 Å². The van der Waals surface area contributed by atoms with Gasteiger partial charge >= 0.3 is 5.97 Å². The Bertz CT molecular complexity index is 469. The summed E-state index contributed by atoms with van der Waals surface area (Å²) in [6.07, 6.45) is 5.39. The van der Waals surface area contributed by atoms with E-state index < -0.39 is 11.5 Å². The Morgan fingerprint density at radius 3 is 2.65 bits per heavy atom. The highest BCUT2D eigenvalue weighted by molar-refractivity contribution is 5.83. The molecule has 0 aliphatic heterocycles. The second kappa shape index (κ2) is 6.16. The van der Waals surface area contributed by atoms with Crippen LogP contribution in [0, 0.1) is 5.92 Å². The molecule has 110 valence electrons. The number of hydrogen-bond acceptors (Lipinski definition) is 3. The first-order valence-electron chi connectivity index (χ1n) is 7.22. The largest absolute Gasteiger partial charge is 0.497 e. The van der Waals surface area contributed by atoms with Gasteiger partial charge in [-0.2, -0.15) is 0 Å². The van der Waals surface area contributed by atoms with Crippen molar-refractivity contribution in [1.82, 2.24) is 0 Å². The van der Waals surface area contributed by atoms with Gasteiger partial charge in [-0.25, -0.2) is 4.79 Å². The first-order valence-corrected chi connectivity index (χ1v) is 7.22. The highest BCUT2D eigenvalue weighted by Crippen LogP contribution is 2.35. The lowest BCUT2D eigenvalue weighted by atomic mass is 9.75. The Morgan fingerprint density at radius 1 is 1.35 bits per heavy atom. The fourth-order valence-corrected chi connectivity index (χ4v) is 3.01. The summed E-state index contributed by atoms with van der Waals surface area (Å²) in [5.74, 6) is 0.110. The SMILES string of the molecule is COc1cccc(NC(C)(C(=O)O)C2CCCCC2)c1. The van der Waals surface area contributed by atoms with E-state index in [0.717, 1.165) is 37.1 Å². The smallest absolute Gasteiger partial charge is 0.329 e. The summed E-state index contributed by atoms with van der Waals surface area (Å²) in [6.45, 7) is 1.80. The molecular weight excluding hydrogens is 254 g/mol. The number of carbonyl (C=O) groups is 1. The van der Waals surface area contributed by atoms with E-state index >= 15 is 0 Å². The van der Waals surface area contributed by atoms with Crippen LogP contribution in [0.2, 0.25) is 0 Å². The van der Waals surface area contributed by atoms with E-state index in [1.54, 1.807) is 14.0 Å². The van der Waals surface area contributed by atoms with Crippen molar-refractivity contribution >= 4 is 11.7 Å². The van der Waals surface area contributed by atoms with Crippen molar-refractivity contribution < 1.29 is 14.6 Å². The number of methoxy groups -OCH3 is 1. The number of nitrogens with one attached hydrogen (secondary N) is 1. The van der Waals surface area contributed by atoms with Gasteiger partial charge in [-0.15, -0.1) is 0 Å². The van der Waals surface area contributed by atoms with Crippen molar-refractivity contribution in [1.29, 1.82) is 0 Å². The molecule has 1 fully saturated rings. The Balaban J connectivity index is 2.21. The van der Waals surface area contributed by atoms with Crippen LogP contribution in [0.5, 0.6) is 5.75 Å². The Kier molecular flexibility index (Phi) is 4.53. The van der Waals surface area contributed by atoms with Gasteiger partial charge in [0, 0.05) is 11.8 Å². The van der Waals surface area contributed by atoms with Gasteiger partial charge in [-0.3, -0.25) is 0 Å². The number of carboxylic acid groups (broad SMARTS) is 1. The monoisotopic (exact) mass is 277 g/mol. The molecule has 2 N–H and O–H groups in total. The van der Waals surface area contributed by atoms with Crippen LogP contribution in [0.25, 0.3) is 0 Å². The summed E-state index contributed by atoms with van der Waals surface area (Å²) in [6, 6.07) is 7.44. The quantitative estimate of drug-likeness (QED) is 0.864. The molecule has 1 unspecified atom stereocenters. The van der Waals surface area contributed by atoms with Crippen LogP contribution < -0.4 is 10.1 Å². The summed E-state index contributed by atoms with van der Waals surface area (Å²) >= 11 is 0. The first kappa shape index (κ1) is 14.7. The van der Waals surface area contributed by atoms with E-state index in [2.05, 4.69) is 5.32 Å². The number of ether oxygens (including phenoxy) is 1. The highest BCUT2D eigenvalue weighted by Gasteiger charge is 2.41. The average Bonchev–Trinajstić information content (AvgIpc) is 2.48. The second-order valence-corrected chi connectivity index (χ2v) is 5.70. The fraction of sp³-hybridized carbons (Fsp3) is 0.562. The molecule has 0 amide bonds. The van der Waals surface area contributed by atoms with E-state index in [1.807, 2.05) is 24.3 Å². The number of hydrogen-bond donors (Lipinski definition) is 2. The van der Waals surface area contributed by atoms with Crippen molar-refractivity contribution in [3.8, 4) is 5.75 Å². The summed E-state index contributed by atoms with van der Waals surface area (Å²) < 4.78 is 5.19. The number of aliphatic carboxylic acids is 1. The van der Waals surface area contributed by atoms with Crippen LogP contribution in [-0.2, 0) is 4.79 Å². The third-order valence-corrected chi connectivity index (χ3v) is 4.34. The number of benzene rings is 1. The molecule has 0 spiro atoms. The standard InChI is InChI=1S/C16H23NO3/c1-16(15(18)19,12-7-4-3-5-8-12)17-13-9-6-10-14(11-13)20-2/h6,9-12,17H,3-5,7-8H2,1-2H3,(H,18,19). The Morgan fingerprint density at radius 2 is 2.05 bits per heavy atom. The molecule has 0 saturated heterocycles. The van der Waals surface area contributed by atoms with E-state index in [-0.39, 0.29) is 5.92 Å². The molecule has 1 saturated carbocycles. The summed E-state index contributed by atoms with van der Waals surface area (Å²) in [7, 11) is 1.61. The number of anilines is 1. The maximum Gasteiger partial charge on any atom is 0.329 e. The molecular formula is C16H23NO3. The minimum absolute atomic E-state index is 0.167. The molecule has 1 aromatic rings. The predicted molar refractivity (Wildman–Crippen MR) is 79.2 cm³/mol. The molecule has 1 aliphatic rings. The molecule has 1 aliphatic carbocycles. The minimum Gasteiger partial charge on any atom is -0.497 e. The van der Waals surface area contributed by atoms with Crippen LogP contribution in [-0.4, -0.2) is 23.7 Å². The molecule has 0 bridgehead atoms. The van der Waals surface area contributed by atoms with Crippen molar-refractivity contribution in [2.24, 2.45) is 5.92 Å². The Hall–Kier alpha value is -1.71. The summed E-state index contributed by atoms with van der Waals surface area (Å²) in [4.78, 5) is 11.8. The zero-order chi connectivity index (χ0) is 14.6. The zero-order valence-corrected chi connectivity index (χ0v) is 12.2. The average molecular weight is 277 g/mol. The molecule has 0 heterocycles. The molecule has 1 atom stereocenters. The molecule has 2 rings (SSSR count). The maximum absolute atomic E-state index is 11.8. The lowest BCUT2D eigenvalue weighted by Gasteiger charge is -2.37.